The van der Waals surface area contributed by atoms with Crippen molar-refractivity contribution in [1.29, 1.82) is 0 Å². The van der Waals surface area contributed by atoms with Crippen molar-refractivity contribution in [2.75, 3.05) is 45.1 Å². The third-order valence-corrected chi connectivity index (χ3v) is 9.02. The Morgan fingerprint density at radius 1 is 1.18 bits per heavy atom. The number of aliphatic hydroxyl groups is 1. The number of nitrogens with one attached hydrogen (secondary N) is 2. The van der Waals surface area contributed by atoms with E-state index in [9.17, 15) is 9.90 Å². The maximum atomic E-state index is 10.8. The highest BCUT2D eigenvalue weighted by Crippen LogP contribution is 2.30. The van der Waals surface area contributed by atoms with Crippen LogP contribution in [0, 0.1) is 11.8 Å². The van der Waals surface area contributed by atoms with Gasteiger partial charge in [-0.2, -0.15) is 0 Å². The molecule has 3 rings (SSSR count). The van der Waals surface area contributed by atoms with Crippen LogP contribution in [0.1, 0.15) is 76.7 Å². The number of likely N-dealkylation sites (N-methyl/N-ethyl adjacent to an activating group) is 1. The summed E-state index contributed by atoms with van der Waals surface area (Å²) in [6.45, 7) is 7.68. The second-order valence-corrected chi connectivity index (χ2v) is 11.2. The van der Waals surface area contributed by atoms with E-state index in [-0.39, 0.29) is 6.23 Å². The number of carbonyl (C=O) groups excluding carboxylic acids is 1. The highest BCUT2D eigenvalue weighted by molar-refractivity contribution is 7.08. The maximum Gasteiger partial charge on any atom is 0.211 e. The van der Waals surface area contributed by atoms with Gasteiger partial charge < -0.3 is 20.6 Å². The van der Waals surface area contributed by atoms with Crippen LogP contribution in [-0.2, 0) is 11.2 Å². The molecular formula is C27H48N4O2S. The summed E-state index contributed by atoms with van der Waals surface area (Å²) in [6.07, 6.45) is 13.7. The van der Waals surface area contributed by atoms with Crippen LogP contribution in [0.3, 0.4) is 0 Å². The van der Waals surface area contributed by atoms with E-state index in [4.69, 9.17) is 0 Å². The van der Waals surface area contributed by atoms with Crippen LogP contribution in [0.15, 0.2) is 10.8 Å². The first-order valence-electron chi connectivity index (χ1n) is 13.7. The molecule has 6 nitrogen and oxygen atoms in total. The first kappa shape index (κ1) is 27.6. The number of likely N-dealkylation sites (tertiary alicyclic amines) is 1. The lowest BCUT2D eigenvalue weighted by Crippen LogP contribution is -2.47. The fraction of sp³-hybridized carbons (Fsp3) is 0.815. The fourth-order valence-corrected chi connectivity index (χ4v) is 6.86. The summed E-state index contributed by atoms with van der Waals surface area (Å²) < 4.78 is 0. The Balaban J connectivity index is 1.31. The number of hydrogen-bond acceptors (Lipinski definition) is 6. The molecule has 0 spiro atoms. The molecule has 2 unspecified atom stereocenters. The molecule has 7 heteroatoms. The van der Waals surface area contributed by atoms with Crippen LogP contribution < -0.4 is 10.6 Å². The van der Waals surface area contributed by atoms with Gasteiger partial charge in [0.2, 0.25) is 6.41 Å². The average molecular weight is 493 g/mol. The zero-order valence-electron chi connectivity index (χ0n) is 21.5. The van der Waals surface area contributed by atoms with Crippen molar-refractivity contribution in [3.05, 3.63) is 16.3 Å². The molecule has 0 saturated carbocycles. The van der Waals surface area contributed by atoms with Gasteiger partial charge in [-0.1, -0.05) is 32.6 Å². The van der Waals surface area contributed by atoms with Crippen LogP contribution in [-0.4, -0.2) is 73.4 Å². The molecule has 2 fully saturated rings. The molecule has 0 aliphatic carbocycles. The molecule has 0 aromatic carbocycles. The van der Waals surface area contributed by atoms with Crippen molar-refractivity contribution >= 4 is 23.4 Å². The Morgan fingerprint density at radius 3 is 2.62 bits per heavy atom. The Morgan fingerprint density at radius 2 is 1.91 bits per heavy atom. The van der Waals surface area contributed by atoms with Gasteiger partial charge in [0.1, 0.15) is 6.23 Å². The van der Waals surface area contributed by atoms with Crippen LogP contribution in [0.2, 0.25) is 0 Å². The summed E-state index contributed by atoms with van der Waals surface area (Å²) in [5, 5.41) is 21.2. The van der Waals surface area contributed by atoms with E-state index >= 15 is 0 Å². The van der Waals surface area contributed by atoms with Gasteiger partial charge in [-0.25, -0.2) is 0 Å². The Kier molecular flexibility index (Phi) is 12.3. The minimum atomic E-state index is -0.280. The molecule has 1 aromatic rings. The second-order valence-electron chi connectivity index (χ2n) is 10.5. The number of amides is 1. The molecular weight excluding hydrogens is 444 g/mol. The van der Waals surface area contributed by atoms with Gasteiger partial charge >= 0.3 is 0 Å². The standard InChI is InChI=1S/C27H48N4O2S/c1-3-6-22(23-9-14-28-15-10-23)7-4-5-8-27(33)31-17-12-25(13-18-31)30(2)16-11-24-19-34-20-26(24)29-21-32/h19-23,25,27-28,33H,3-18H2,1-2H3,(H,29,32). The Labute approximate surface area is 211 Å². The number of aliphatic hydroxyl groups excluding tert-OH is 1. The van der Waals surface area contributed by atoms with E-state index in [1.807, 2.05) is 5.38 Å². The van der Waals surface area contributed by atoms with Crippen LogP contribution in [0.25, 0.3) is 0 Å². The highest BCUT2D eigenvalue weighted by Gasteiger charge is 2.26. The van der Waals surface area contributed by atoms with E-state index < -0.39 is 0 Å². The van der Waals surface area contributed by atoms with Crippen molar-refractivity contribution < 1.29 is 9.90 Å². The number of anilines is 1. The molecule has 1 aromatic heterocycles. The lowest BCUT2D eigenvalue weighted by atomic mass is 9.79. The van der Waals surface area contributed by atoms with Crippen molar-refractivity contribution in [2.45, 2.75) is 89.8 Å². The van der Waals surface area contributed by atoms with E-state index in [0.29, 0.717) is 6.04 Å². The predicted octanol–water partition coefficient (Wildman–Crippen LogP) is 4.55. The number of thiophene rings is 1. The minimum Gasteiger partial charge on any atom is -0.378 e. The van der Waals surface area contributed by atoms with E-state index in [1.54, 1.807) is 11.3 Å². The zero-order chi connectivity index (χ0) is 24.2. The first-order valence-corrected chi connectivity index (χ1v) is 14.6. The Bertz CT molecular complexity index is 686. The molecule has 3 heterocycles. The quantitative estimate of drug-likeness (QED) is 0.248. The van der Waals surface area contributed by atoms with Gasteiger partial charge in [0.25, 0.3) is 0 Å². The molecule has 2 atom stereocenters. The smallest absolute Gasteiger partial charge is 0.211 e. The monoisotopic (exact) mass is 492 g/mol. The van der Waals surface area contributed by atoms with Gasteiger partial charge in [-0.15, -0.1) is 11.3 Å². The van der Waals surface area contributed by atoms with Crippen LogP contribution in [0.4, 0.5) is 5.69 Å². The van der Waals surface area contributed by atoms with Gasteiger partial charge in [-0.3, -0.25) is 9.69 Å². The van der Waals surface area contributed by atoms with Gasteiger partial charge in [-0.05, 0) is 87.9 Å². The summed E-state index contributed by atoms with van der Waals surface area (Å²) in [5.74, 6) is 1.80. The Hall–Kier alpha value is -0.990. The fourth-order valence-electron chi connectivity index (χ4n) is 6.03. The molecule has 0 bridgehead atoms. The van der Waals surface area contributed by atoms with Crippen molar-refractivity contribution in [3.8, 4) is 0 Å². The summed E-state index contributed by atoms with van der Waals surface area (Å²) in [6, 6.07) is 0.573. The summed E-state index contributed by atoms with van der Waals surface area (Å²) in [4.78, 5) is 15.5. The topological polar surface area (TPSA) is 67.8 Å². The minimum absolute atomic E-state index is 0.280. The normalized spacial score (nSPS) is 20.5. The van der Waals surface area contributed by atoms with E-state index in [1.165, 1.54) is 57.2 Å². The largest absolute Gasteiger partial charge is 0.378 e. The second kappa shape index (κ2) is 15.2. The first-order chi connectivity index (χ1) is 16.6. The highest BCUT2D eigenvalue weighted by atomic mass is 32.1. The molecule has 1 amide bonds. The number of unbranched alkanes of at least 4 members (excludes halogenated alkanes) is 1. The van der Waals surface area contributed by atoms with Crippen molar-refractivity contribution in [1.82, 2.24) is 15.1 Å². The molecule has 34 heavy (non-hydrogen) atoms. The lowest BCUT2D eigenvalue weighted by Gasteiger charge is -2.39. The summed E-state index contributed by atoms with van der Waals surface area (Å²) in [7, 11) is 2.21. The number of nitrogens with zero attached hydrogens (tertiary/aromatic N) is 2. The molecule has 2 aliphatic heterocycles. The zero-order valence-corrected chi connectivity index (χ0v) is 22.3. The molecule has 194 valence electrons. The van der Waals surface area contributed by atoms with Gasteiger partial charge in [0.05, 0.1) is 5.69 Å². The molecule has 2 saturated heterocycles. The van der Waals surface area contributed by atoms with Gasteiger partial charge in [0, 0.05) is 31.1 Å². The molecule has 0 radical (unpaired) electrons. The van der Waals surface area contributed by atoms with Crippen molar-refractivity contribution in [2.24, 2.45) is 11.8 Å². The number of hydrogen-bond donors (Lipinski definition) is 3. The predicted molar refractivity (Wildman–Crippen MR) is 143 cm³/mol. The lowest BCUT2D eigenvalue weighted by molar-refractivity contribution is -0.105. The maximum absolute atomic E-state index is 10.8. The SMILES string of the molecule is CCCC(CCCCC(O)N1CCC(N(C)CCc2cscc2NC=O)CC1)C1CCNCC1. The van der Waals surface area contributed by atoms with Crippen LogP contribution in [0.5, 0.6) is 0 Å². The molecule has 2 aliphatic rings. The summed E-state index contributed by atoms with van der Waals surface area (Å²) >= 11 is 1.64. The van der Waals surface area contributed by atoms with Gasteiger partial charge in [0.15, 0.2) is 0 Å². The third kappa shape index (κ3) is 8.59. The van der Waals surface area contributed by atoms with Crippen LogP contribution >= 0.6 is 11.3 Å². The van der Waals surface area contributed by atoms with E-state index in [0.717, 1.165) is 75.7 Å². The summed E-state index contributed by atoms with van der Waals surface area (Å²) in [5.41, 5.74) is 2.17. The third-order valence-electron chi connectivity index (χ3n) is 8.23. The average Bonchev–Trinajstić information content (AvgIpc) is 3.32. The number of piperidine rings is 2. The van der Waals surface area contributed by atoms with E-state index in [2.05, 4.69) is 39.8 Å². The number of rotatable bonds is 15. The number of carbonyl (C=O) groups is 1. The van der Waals surface area contributed by atoms with Crippen molar-refractivity contribution in [3.63, 3.8) is 0 Å². The molecule has 3 N–H and O–H groups in total.